The molecular weight excluding hydrogens is 415 g/mol. The summed E-state index contributed by atoms with van der Waals surface area (Å²) in [6.07, 6.45) is 1.36. The van der Waals surface area contributed by atoms with E-state index in [0.717, 1.165) is 11.8 Å². The maximum absolute atomic E-state index is 13.2. The number of hydrogen-bond acceptors (Lipinski definition) is 5. The largest absolute Gasteiger partial charge is 0.272 e. The van der Waals surface area contributed by atoms with Crippen molar-refractivity contribution in [2.24, 2.45) is 5.10 Å². The van der Waals surface area contributed by atoms with E-state index in [1.54, 1.807) is 30.3 Å². The topological polar surface area (TPSA) is 76.3 Å². The van der Waals surface area contributed by atoms with Crippen LogP contribution in [0.2, 0.25) is 0 Å². The third-order valence-electron chi connectivity index (χ3n) is 4.34. The molecule has 1 N–H and O–H groups in total. The molecule has 1 aromatic heterocycles. The molecular formula is C23H17FN4O2S. The minimum absolute atomic E-state index is 0.00188. The number of halogens is 1. The van der Waals surface area contributed by atoms with Crippen molar-refractivity contribution < 1.29 is 9.18 Å². The first kappa shape index (κ1) is 20.5. The maximum atomic E-state index is 13.2. The standard InChI is InChI=1S/C23H17FN4O2S/c24-17-8-6-7-16(13-17)14-25-27-21(29)15-31-23-26-20-12-5-4-11-19(20)22(30)28(23)18-9-2-1-3-10-18/h1-14H,15H2,(H,27,29)/b25-14-. The van der Waals surface area contributed by atoms with Crippen LogP contribution in [-0.2, 0) is 4.79 Å². The van der Waals surface area contributed by atoms with Gasteiger partial charge in [-0.3, -0.25) is 14.2 Å². The zero-order valence-electron chi connectivity index (χ0n) is 16.2. The maximum Gasteiger partial charge on any atom is 0.266 e. The van der Waals surface area contributed by atoms with Gasteiger partial charge in [0, 0.05) is 0 Å². The number of amides is 1. The van der Waals surface area contributed by atoms with E-state index in [0.29, 0.717) is 27.3 Å². The van der Waals surface area contributed by atoms with Crippen molar-refractivity contribution in [1.29, 1.82) is 0 Å². The third-order valence-corrected chi connectivity index (χ3v) is 5.28. The Hall–Kier alpha value is -3.78. The number of carbonyl (C=O) groups excluding carboxylic acids is 1. The molecule has 4 aromatic rings. The van der Waals surface area contributed by atoms with E-state index in [4.69, 9.17) is 0 Å². The lowest BCUT2D eigenvalue weighted by Gasteiger charge is -2.12. The molecule has 0 aliphatic carbocycles. The molecule has 1 heterocycles. The molecule has 0 saturated heterocycles. The number of hydrogen-bond donors (Lipinski definition) is 1. The zero-order chi connectivity index (χ0) is 21.6. The highest BCUT2D eigenvalue weighted by molar-refractivity contribution is 7.99. The van der Waals surface area contributed by atoms with Crippen LogP contribution in [0.25, 0.3) is 16.6 Å². The molecule has 0 radical (unpaired) electrons. The Bertz CT molecular complexity index is 1320. The van der Waals surface area contributed by atoms with Crippen LogP contribution >= 0.6 is 11.8 Å². The number of aromatic nitrogens is 2. The Morgan fingerprint density at radius 2 is 1.84 bits per heavy atom. The minimum Gasteiger partial charge on any atom is -0.272 e. The number of benzene rings is 3. The first-order chi connectivity index (χ1) is 15.1. The lowest BCUT2D eigenvalue weighted by atomic mass is 10.2. The molecule has 0 spiro atoms. The Morgan fingerprint density at radius 3 is 2.65 bits per heavy atom. The molecule has 0 aliphatic rings. The van der Waals surface area contributed by atoms with Gasteiger partial charge in [-0.15, -0.1) is 0 Å². The number of rotatable bonds is 6. The van der Waals surface area contributed by atoms with Crippen molar-refractivity contribution >= 4 is 34.8 Å². The van der Waals surface area contributed by atoms with Gasteiger partial charge in [0.25, 0.3) is 11.5 Å². The molecule has 0 saturated carbocycles. The van der Waals surface area contributed by atoms with E-state index in [1.165, 1.54) is 22.9 Å². The molecule has 0 bridgehead atoms. The lowest BCUT2D eigenvalue weighted by Crippen LogP contribution is -2.24. The van der Waals surface area contributed by atoms with E-state index < -0.39 is 0 Å². The van der Waals surface area contributed by atoms with Crippen LogP contribution in [0.1, 0.15) is 5.56 Å². The van der Waals surface area contributed by atoms with Crippen molar-refractivity contribution in [2.45, 2.75) is 5.16 Å². The summed E-state index contributed by atoms with van der Waals surface area (Å²) in [5, 5.41) is 4.75. The van der Waals surface area contributed by atoms with Gasteiger partial charge < -0.3 is 0 Å². The number of thioether (sulfide) groups is 1. The van der Waals surface area contributed by atoms with Gasteiger partial charge in [0.05, 0.1) is 28.6 Å². The number of fused-ring (bicyclic) bond motifs is 1. The predicted molar refractivity (Wildman–Crippen MR) is 120 cm³/mol. The van der Waals surface area contributed by atoms with Gasteiger partial charge in [0.1, 0.15) is 5.82 Å². The SMILES string of the molecule is O=C(CSc1nc2ccccc2c(=O)n1-c1ccccc1)N/N=C\c1cccc(F)c1. The average molecular weight is 432 g/mol. The van der Waals surface area contributed by atoms with Crippen LogP contribution in [0.4, 0.5) is 4.39 Å². The summed E-state index contributed by atoms with van der Waals surface area (Å²) in [6.45, 7) is 0. The number of nitrogens with one attached hydrogen (secondary N) is 1. The van der Waals surface area contributed by atoms with E-state index >= 15 is 0 Å². The summed E-state index contributed by atoms with van der Waals surface area (Å²) < 4.78 is 14.7. The summed E-state index contributed by atoms with van der Waals surface area (Å²) >= 11 is 1.13. The first-order valence-electron chi connectivity index (χ1n) is 9.39. The summed E-state index contributed by atoms with van der Waals surface area (Å²) in [5.74, 6) is -0.760. The summed E-state index contributed by atoms with van der Waals surface area (Å²) in [6, 6.07) is 22.1. The fourth-order valence-corrected chi connectivity index (χ4v) is 3.75. The highest BCUT2D eigenvalue weighted by Gasteiger charge is 2.14. The molecule has 154 valence electrons. The van der Waals surface area contributed by atoms with Gasteiger partial charge in [-0.2, -0.15) is 5.10 Å². The minimum atomic E-state index is -0.382. The molecule has 6 nitrogen and oxygen atoms in total. The van der Waals surface area contributed by atoms with Gasteiger partial charge in [0.15, 0.2) is 5.16 Å². The fourth-order valence-electron chi connectivity index (χ4n) is 2.94. The Labute approximate surface area is 181 Å². The van der Waals surface area contributed by atoms with Crippen LogP contribution in [-0.4, -0.2) is 27.4 Å². The van der Waals surface area contributed by atoms with Gasteiger partial charge >= 0.3 is 0 Å². The highest BCUT2D eigenvalue weighted by atomic mass is 32.2. The fraction of sp³-hybridized carbons (Fsp3) is 0.0435. The van der Waals surface area contributed by atoms with E-state index in [1.807, 2.05) is 36.4 Å². The first-order valence-corrected chi connectivity index (χ1v) is 10.4. The van der Waals surface area contributed by atoms with Crippen molar-refractivity contribution in [3.63, 3.8) is 0 Å². The molecule has 3 aromatic carbocycles. The molecule has 31 heavy (non-hydrogen) atoms. The molecule has 8 heteroatoms. The molecule has 0 fully saturated rings. The Balaban J connectivity index is 1.55. The van der Waals surface area contributed by atoms with Gasteiger partial charge in [-0.1, -0.05) is 54.2 Å². The van der Waals surface area contributed by atoms with Crippen molar-refractivity contribution in [3.8, 4) is 5.69 Å². The van der Waals surface area contributed by atoms with Crippen molar-refractivity contribution in [1.82, 2.24) is 15.0 Å². The van der Waals surface area contributed by atoms with Crippen molar-refractivity contribution in [3.05, 3.63) is 101 Å². The van der Waals surface area contributed by atoms with Crippen LogP contribution in [0, 0.1) is 5.82 Å². The second-order valence-corrected chi connectivity index (χ2v) is 7.47. The third kappa shape index (κ3) is 4.87. The Kier molecular flexibility index (Phi) is 6.18. The van der Waals surface area contributed by atoms with E-state index in [2.05, 4.69) is 15.5 Å². The van der Waals surface area contributed by atoms with Crippen molar-refractivity contribution in [2.75, 3.05) is 5.75 Å². The monoisotopic (exact) mass is 432 g/mol. The lowest BCUT2D eigenvalue weighted by molar-refractivity contribution is -0.118. The number of nitrogens with zero attached hydrogens (tertiary/aromatic N) is 3. The molecule has 0 atom stereocenters. The molecule has 0 aliphatic heterocycles. The quantitative estimate of drug-likeness (QED) is 0.218. The normalized spacial score (nSPS) is 11.1. The zero-order valence-corrected chi connectivity index (χ0v) is 17.1. The molecule has 1 amide bonds. The Morgan fingerprint density at radius 1 is 1.06 bits per heavy atom. The number of para-hydroxylation sites is 2. The summed E-state index contributed by atoms with van der Waals surface area (Å²) in [5.41, 5.74) is 3.96. The second-order valence-electron chi connectivity index (χ2n) is 6.52. The highest BCUT2D eigenvalue weighted by Crippen LogP contribution is 2.21. The van der Waals surface area contributed by atoms with Gasteiger partial charge in [0.2, 0.25) is 0 Å². The second kappa shape index (κ2) is 9.36. The van der Waals surface area contributed by atoms with Crippen LogP contribution < -0.4 is 11.0 Å². The van der Waals surface area contributed by atoms with Crippen LogP contribution in [0.15, 0.2) is 93.9 Å². The van der Waals surface area contributed by atoms with E-state index in [9.17, 15) is 14.0 Å². The van der Waals surface area contributed by atoms with Crippen LogP contribution in [0.3, 0.4) is 0 Å². The number of hydrazone groups is 1. The molecule has 4 rings (SSSR count). The summed E-state index contributed by atoms with van der Waals surface area (Å²) in [7, 11) is 0. The average Bonchev–Trinajstić information content (AvgIpc) is 2.78. The van der Waals surface area contributed by atoms with Gasteiger partial charge in [-0.25, -0.2) is 14.8 Å². The summed E-state index contributed by atoms with van der Waals surface area (Å²) in [4.78, 5) is 29.9. The predicted octanol–water partition coefficient (Wildman–Crippen LogP) is 3.77. The van der Waals surface area contributed by atoms with Crippen LogP contribution in [0.5, 0.6) is 0 Å². The molecule has 0 unspecified atom stereocenters. The van der Waals surface area contributed by atoms with E-state index in [-0.39, 0.29) is 23.0 Å². The van der Waals surface area contributed by atoms with Gasteiger partial charge in [-0.05, 0) is 42.0 Å². The number of carbonyl (C=O) groups is 1. The smallest absolute Gasteiger partial charge is 0.266 e.